The summed E-state index contributed by atoms with van der Waals surface area (Å²) in [6.45, 7) is 2.05. The molecule has 1 aromatic heterocycles. The number of non-ortho nitro benzene ring substituents is 1. The molecule has 0 spiro atoms. The monoisotopic (exact) mass is 316 g/mol. The van der Waals surface area contributed by atoms with Gasteiger partial charge in [-0.15, -0.1) is 11.3 Å². The summed E-state index contributed by atoms with van der Waals surface area (Å²) in [5, 5.41) is 21.9. The van der Waals surface area contributed by atoms with Crippen molar-refractivity contribution in [3.8, 4) is 22.1 Å². The first kappa shape index (κ1) is 14.3. The number of nitro benzene ring substituents is 1. The zero-order valence-corrected chi connectivity index (χ0v) is 12.5. The number of thiazole rings is 1. The summed E-state index contributed by atoms with van der Waals surface area (Å²) in [6, 6.07) is 10.1. The molecule has 0 aliphatic rings. The Morgan fingerprint density at radius 2 is 2.14 bits per heavy atom. The molecule has 22 heavy (non-hydrogen) atoms. The summed E-state index contributed by atoms with van der Waals surface area (Å²) in [7, 11) is 0. The lowest BCUT2D eigenvalue weighted by atomic mass is 10.1. The molecule has 3 aromatic rings. The molecule has 0 aliphatic carbocycles. The molecule has 2 aromatic carbocycles. The van der Waals surface area contributed by atoms with Crippen LogP contribution in [0.1, 0.15) is 6.92 Å². The van der Waals surface area contributed by atoms with Gasteiger partial charge in [0.1, 0.15) is 5.01 Å². The summed E-state index contributed by atoms with van der Waals surface area (Å²) >= 11 is 1.36. The number of nitrogens with zero attached hydrogens (tertiary/aromatic N) is 2. The third-order valence-electron chi connectivity index (χ3n) is 3.09. The number of hydrogen-bond donors (Lipinski definition) is 1. The maximum absolute atomic E-state index is 11.1. The molecular weight excluding hydrogens is 304 g/mol. The molecule has 7 heteroatoms. The Morgan fingerprint density at radius 3 is 2.82 bits per heavy atom. The average molecular weight is 316 g/mol. The number of benzene rings is 2. The van der Waals surface area contributed by atoms with Gasteiger partial charge in [-0.05, 0) is 19.1 Å². The van der Waals surface area contributed by atoms with Crippen molar-refractivity contribution >= 4 is 27.2 Å². The number of para-hydroxylation sites is 1. The largest absolute Gasteiger partial charge is 0.504 e. The van der Waals surface area contributed by atoms with Crippen LogP contribution in [0.5, 0.6) is 11.5 Å². The number of hydrogen-bond acceptors (Lipinski definition) is 6. The Labute approximate surface area is 129 Å². The molecular formula is C15H12N2O4S. The van der Waals surface area contributed by atoms with E-state index in [1.54, 1.807) is 6.92 Å². The molecule has 0 atom stereocenters. The van der Waals surface area contributed by atoms with E-state index in [4.69, 9.17) is 4.74 Å². The van der Waals surface area contributed by atoms with Crippen LogP contribution in [0.4, 0.5) is 5.69 Å². The van der Waals surface area contributed by atoms with E-state index in [0.717, 1.165) is 10.2 Å². The van der Waals surface area contributed by atoms with Crippen LogP contribution in [0.15, 0.2) is 36.4 Å². The topological polar surface area (TPSA) is 85.5 Å². The van der Waals surface area contributed by atoms with Crippen LogP contribution in [-0.4, -0.2) is 21.6 Å². The second-order valence-corrected chi connectivity index (χ2v) is 5.55. The van der Waals surface area contributed by atoms with Crippen LogP contribution >= 0.6 is 11.3 Å². The number of aromatic hydroxyl groups is 1. The molecule has 3 rings (SSSR count). The van der Waals surface area contributed by atoms with Crippen LogP contribution in [-0.2, 0) is 0 Å². The van der Waals surface area contributed by atoms with Gasteiger partial charge < -0.3 is 9.84 Å². The van der Waals surface area contributed by atoms with Gasteiger partial charge in [-0.3, -0.25) is 10.1 Å². The van der Waals surface area contributed by atoms with Gasteiger partial charge in [0.2, 0.25) is 0 Å². The van der Waals surface area contributed by atoms with Crippen molar-refractivity contribution in [3.05, 3.63) is 46.5 Å². The summed E-state index contributed by atoms with van der Waals surface area (Å²) in [5.74, 6) is -0.0440. The molecule has 0 saturated carbocycles. The minimum absolute atomic E-state index is 0.0888. The van der Waals surface area contributed by atoms with Gasteiger partial charge in [0.25, 0.3) is 5.69 Å². The molecule has 1 heterocycles. The molecule has 0 saturated heterocycles. The normalized spacial score (nSPS) is 10.8. The van der Waals surface area contributed by atoms with Gasteiger partial charge in [-0.2, -0.15) is 0 Å². The highest BCUT2D eigenvalue weighted by Gasteiger charge is 2.20. The van der Waals surface area contributed by atoms with Crippen LogP contribution in [0.25, 0.3) is 20.8 Å². The van der Waals surface area contributed by atoms with E-state index in [-0.39, 0.29) is 17.2 Å². The molecule has 6 nitrogen and oxygen atoms in total. The maximum Gasteiger partial charge on any atom is 0.274 e. The van der Waals surface area contributed by atoms with Crippen molar-refractivity contribution in [2.45, 2.75) is 6.92 Å². The Kier molecular flexibility index (Phi) is 3.64. The fraction of sp³-hybridized carbons (Fsp3) is 0.133. The average Bonchev–Trinajstić information content (AvgIpc) is 2.93. The number of phenols is 1. The summed E-state index contributed by atoms with van der Waals surface area (Å²) in [5.41, 5.74) is 0.945. The highest BCUT2D eigenvalue weighted by Crippen LogP contribution is 2.43. The van der Waals surface area contributed by atoms with Crippen LogP contribution in [0.3, 0.4) is 0 Å². The molecule has 1 N–H and O–H groups in total. The van der Waals surface area contributed by atoms with Gasteiger partial charge in [0.05, 0.1) is 33.4 Å². The maximum atomic E-state index is 11.1. The first-order valence-corrected chi connectivity index (χ1v) is 7.42. The lowest BCUT2D eigenvalue weighted by molar-refractivity contribution is -0.384. The minimum atomic E-state index is -0.515. The predicted molar refractivity (Wildman–Crippen MR) is 84.5 cm³/mol. The van der Waals surface area contributed by atoms with Gasteiger partial charge in [0.15, 0.2) is 11.5 Å². The molecule has 0 unspecified atom stereocenters. The lowest BCUT2D eigenvalue weighted by Crippen LogP contribution is -1.96. The number of ether oxygens (including phenoxy) is 1. The molecule has 0 radical (unpaired) electrons. The number of nitro groups is 1. The van der Waals surface area contributed by atoms with Gasteiger partial charge >= 0.3 is 0 Å². The molecule has 0 amide bonds. The Bertz CT molecular complexity index is 827. The highest BCUT2D eigenvalue weighted by molar-refractivity contribution is 7.21. The predicted octanol–water partition coefficient (Wildman–Crippen LogP) is 3.98. The lowest BCUT2D eigenvalue weighted by Gasteiger charge is -2.08. The fourth-order valence-corrected chi connectivity index (χ4v) is 3.10. The molecule has 0 aliphatic heterocycles. The number of phenolic OH excluding ortho intramolecular Hbond substituents is 1. The Hall–Kier alpha value is -2.67. The van der Waals surface area contributed by atoms with E-state index in [1.807, 2.05) is 24.3 Å². The SMILES string of the molecule is CCOc1cc([N+](=O)[O-])cc(-c2nc3ccccc3s2)c1O. The van der Waals surface area contributed by atoms with Crippen LogP contribution in [0.2, 0.25) is 0 Å². The summed E-state index contributed by atoms with van der Waals surface area (Å²) < 4.78 is 6.23. The molecule has 112 valence electrons. The second kappa shape index (κ2) is 5.61. The van der Waals surface area contributed by atoms with Crippen LogP contribution in [0, 0.1) is 10.1 Å². The van der Waals surface area contributed by atoms with Crippen molar-refractivity contribution in [1.29, 1.82) is 0 Å². The Balaban J connectivity index is 2.21. The highest BCUT2D eigenvalue weighted by atomic mass is 32.1. The number of rotatable bonds is 4. The van der Waals surface area contributed by atoms with Crippen molar-refractivity contribution in [2.24, 2.45) is 0 Å². The van der Waals surface area contributed by atoms with Crippen molar-refractivity contribution in [2.75, 3.05) is 6.61 Å². The first-order chi connectivity index (χ1) is 10.6. The Morgan fingerprint density at radius 1 is 1.36 bits per heavy atom. The zero-order chi connectivity index (χ0) is 15.7. The number of fused-ring (bicyclic) bond motifs is 1. The first-order valence-electron chi connectivity index (χ1n) is 6.60. The van der Waals surface area contributed by atoms with E-state index in [1.165, 1.54) is 23.5 Å². The van der Waals surface area contributed by atoms with Gasteiger partial charge in [-0.25, -0.2) is 4.98 Å². The second-order valence-electron chi connectivity index (χ2n) is 4.52. The van der Waals surface area contributed by atoms with Crippen LogP contribution < -0.4 is 4.74 Å². The zero-order valence-electron chi connectivity index (χ0n) is 11.6. The van der Waals surface area contributed by atoms with E-state index in [9.17, 15) is 15.2 Å². The molecule has 0 bridgehead atoms. The fourth-order valence-electron chi connectivity index (χ4n) is 2.11. The van der Waals surface area contributed by atoms with Crippen molar-refractivity contribution in [1.82, 2.24) is 4.98 Å². The third-order valence-corrected chi connectivity index (χ3v) is 4.16. The summed E-state index contributed by atoms with van der Waals surface area (Å²) in [4.78, 5) is 15.0. The van der Waals surface area contributed by atoms with Crippen molar-refractivity contribution < 1.29 is 14.8 Å². The summed E-state index contributed by atoms with van der Waals surface area (Å²) in [6.07, 6.45) is 0. The van der Waals surface area contributed by atoms with Gasteiger partial charge in [0, 0.05) is 6.07 Å². The third kappa shape index (κ3) is 2.46. The quantitative estimate of drug-likeness (QED) is 0.581. The standard InChI is InChI=1S/C15H12N2O4S/c1-2-21-12-8-9(17(19)20)7-10(14(12)18)15-16-11-5-3-4-6-13(11)22-15/h3-8,18H,2H2,1H3. The van der Waals surface area contributed by atoms with E-state index in [2.05, 4.69) is 4.98 Å². The van der Waals surface area contributed by atoms with Crippen molar-refractivity contribution in [3.63, 3.8) is 0 Å². The smallest absolute Gasteiger partial charge is 0.274 e. The minimum Gasteiger partial charge on any atom is -0.504 e. The number of aromatic nitrogens is 1. The van der Waals surface area contributed by atoms with Gasteiger partial charge in [-0.1, -0.05) is 12.1 Å². The molecule has 0 fully saturated rings. The van der Waals surface area contributed by atoms with E-state index < -0.39 is 4.92 Å². The van der Waals surface area contributed by atoms with E-state index in [0.29, 0.717) is 17.2 Å². The van der Waals surface area contributed by atoms with E-state index >= 15 is 0 Å².